The Bertz CT molecular complexity index is 1410. The molecular formula is C27H24N6O. The van der Waals surface area contributed by atoms with Crippen molar-refractivity contribution >= 4 is 11.5 Å². The first-order valence-electron chi connectivity index (χ1n) is 11.5. The molecule has 1 saturated heterocycles. The van der Waals surface area contributed by atoms with E-state index in [9.17, 15) is 0 Å². The van der Waals surface area contributed by atoms with Crippen molar-refractivity contribution in [3.63, 3.8) is 0 Å². The number of nitrogens with zero attached hydrogens (tertiary/aromatic N) is 6. The highest BCUT2D eigenvalue weighted by Crippen LogP contribution is 2.29. The molecular weight excluding hydrogens is 424 g/mol. The first-order valence-corrected chi connectivity index (χ1v) is 11.5. The first-order chi connectivity index (χ1) is 16.8. The van der Waals surface area contributed by atoms with E-state index in [1.165, 1.54) is 5.56 Å². The molecule has 0 N–H and O–H groups in total. The van der Waals surface area contributed by atoms with Gasteiger partial charge in [-0.15, -0.1) is 0 Å². The van der Waals surface area contributed by atoms with Gasteiger partial charge in [0.2, 0.25) is 0 Å². The van der Waals surface area contributed by atoms with Crippen molar-refractivity contribution in [2.75, 3.05) is 31.2 Å². The summed E-state index contributed by atoms with van der Waals surface area (Å²) in [5, 5.41) is 4.91. The van der Waals surface area contributed by atoms with Crippen LogP contribution in [0.2, 0.25) is 0 Å². The van der Waals surface area contributed by atoms with Crippen LogP contribution in [0.25, 0.3) is 28.3 Å². The summed E-state index contributed by atoms with van der Waals surface area (Å²) in [5.41, 5.74) is 6.81. The summed E-state index contributed by atoms with van der Waals surface area (Å²) < 4.78 is 7.54. The lowest BCUT2D eigenvalue weighted by atomic mass is 10.0. The van der Waals surface area contributed by atoms with E-state index in [4.69, 9.17) is 19.8 Å². The third kappa shape index (κ3) is 4.02. The molecule has 5 heterocycles. The van der Waals surface area contributed by atoms with E-state index in [0.717, 1.165) is 59.2 Å². The fraction of sp³-hybridized carbons (Fsp3) is 0.185. The summed E-state index contributed by atoms with van der Waals surface area (Å²) in [6.45, 7) is 3.01. The maximum atomic E-state index is 5.60. The zero-order chi connectivity index (χ0) is 22.7. The van der Waals surface area contributed by atoms with Gasteiger partial charge in [-0.05, 0) is 35.7 Å². The van der Waals surface area contributed by atoms with Crippen LogP contribution in [0.3, 0.4) is 0 Å². The minimum atomic E-state index is 0.695. The lowest BCUT2D eigenvalue weighted by Crippen LogP contribution is -2.37. The van der Waals surface area contributed by atoms with E-state index >= 15 is 0 Å². The average molecular weight is 449 g/mol. The number of pyridine rings is 2. The number of hydrogen-bond donors (Lipinski definition) is 0. The van der Waals surface area contributed by atoms with Crippen LogP contribution in [0.1, 0.15) is 11.1 Å². The van der Waals surface area contributed by atoms with Gasteiger partial charge in [0.05, 0.1) is 30.3 Å². The number of hydrogen-bond acceptors (Lipinski definition) is 6. The van der Waals surface area contributed by atoms with Crippen molar-refractivity contribution in [3.8, 4) is 22.6 Å². The van der Waals surface area contributed by atoms with Crippen LogP contribution in [0.4, 0.5) is 5.82 Å². The van der Waals surface area contributed by atoms with Crippen LogP contribution in [-0.4, -0.2) is 50.9 Å². The van der Waals surface area contributed by atoms with Crippen molar-refractivity contribution < 1.29 is 4.74 Å². The van der Waals surface area contributed by atoms with Crippen LogP contribution < -0.4 is 4.90 Å². The summed E-state index contributed by atoms with van der Waals surface area (Å²) in [6.07, 6.45) is 6.20. The van der Waals surface area contributed by atoms with E-state index in [0.29, 0.717) is 13.2 Å². The maximum absolute atomic E-state index is 5.60. The Labute approximate surface area is 197 Å². The van der Waals surface area contributed by atoms with E-state index in [2.05, 4.69) is 46.3 Å². The zero-order valence-electron chi connectivity index (χ0n) is 18.7. The summed E-state index contributed by atoms with van der Waals surface area (Å²) in [7, 11) is 0. The second-order valence-corrected chi connectivity index (χ2v) is 8.31. The molecule has 0 amide bonds. The predicted octanol–water partition coefficient (Wildman–Crippen LogP) is 4.28. The number of anilines is 1. The van der Waals surface area contributed by atoms with Gasteiger partial charge in [-0.1, -0.05) is 36.4 Å². The quantitative estimate of drug-likeness (QED) is 0.400. The molecule has 5 aromatic rings. The Morgan fingerprint density at radius 2 is 1.65 bits per heavy atom. The van der Waals surface area contributed by atoms with Gasteiger partial charge in [-0.25, -0.2) is 4.98 Å². The maximum Gasteiger partial charge on any atom is 0.158 e. The number of ether oxygens (including phenoxy) is 1. The van der Waals surface area contributed by atoms with Crippen molar-refractivity contribution in [2.24, 2.45) is 0 Å². The molecule has 1 aromatic carbocycles. The number of benzene rings is 1. The Morgan fingerprint density at radius 1 is 0.824 bits per heavy atom. The SMILES string of the molecule is c1ccc(Cc2cccnc2-c2cc(N3CCOCC3)n3nc(-c4ccncc4)cc3n2)cc1. The van der Waals surface area contributed by atoms with Crippen molar-refractivity contribution in [3.05, 3.63) is 96.4 Å². The molecule has 0 saturated carbocycles. The molecule has 1 fully saturated rings. The molecule has 0 radical (unpaired) electrons. The highest BCUT2D eigenvalue weighted by molar-refractivity contribution is 5.71. The van der Waals surface area contributed by atoms with Gasteiger partial charge in [-0.3, -0.25) is 9.97 Å². The summed E-state index contributed by atoms with van der Waals surface area (Å²) in [4.78, 5) is 16.2. The Morgan fingerprint density at radius 3 is 2.47 bits per heavy atom. The van der Waals surface area contributed by atoms with Crippen molar-refractivity contribution in [2.45, 2.75) is 6.42 Å². The van der Waals surface area contributed by atoms with Crippen molar-refractivity contribution in [1.29, 1.82) is 0 Å². The van der Waals surface area contributed by atoms with Gasteiger partial charge in [0.1, 0.15) is 5.82 Å². The smallest absolute Gasteiger partial charge is 0.158 e. The molecule has 1 aliphatic rings. The highest BCUT2D eigenvalue weighted by Gasteiger charge is 2.20. The van der Waals surface area contributed by atoms with Crippen LogP contribution in [-0.2, 0) is 11.2 Å². The van der Waals surface area contributed by atoms with Gasteiger partial charge in [0, 0.05) is 49.4 Å². The lowest BCUT2D eigenvalue weighted by Gasteiger charge is -2.29. The second kappa shape index (κ2) is 9.03. The summed E-state index contributed by atoms with van der Waals surface area (Å²) >= 11 is 0. The lowest BCUT2D eigenvalue weighted by molar-refractivity contribution is 0.122. The second-order valence-electron chi connectivity index (χ2n) is 8.31. The molecule has 7 nitrogen and oxygen atoms in total. The third-order valence-corrected chi connectivity index (χ3v) is 6.09. The first kappa shape index (κ1) is 20.5. The topological polar surface area (TPSA) is 68.4 Å². The van der Waals surface area contributed by atoms with E-state index in [1.54, 1.807) is 12.4 Å². The summed E-state index contributed by atoms with van der Waals surface area (Å²) in [5.74, 6) is 1.000. The van der Waals surface area contributed by atoms with Gasteiger partial charge in [-0.2, -0.15) is 9.61 Å². The molecule has 7 heteroatoms. The number of morpholine rings is 1. The van der Waals surface area contributed by atoms with Gasteiger partial charge in [0.25, 0.3) is 0 Å². The minimum absolute atomic E-state index is 0.695. The van der Waals surface area contributed by atoms with Crippen LogP contribution in [0, 0.1) is 0 Å². The Hall–Kier alpha value is -4.10. The van der Waals surface area contributed by atoms with Crippen LogP contribution >= 0.6 is 0 Å². The van der Waals surface area contributed by atoms with Gasteiger partial charge in [0.15, 0.2) is 5.65 Å². The fourth-order valence-electron chi connectivity index (χ4n) is 4.39. The monoisotopic (exact) mass is 448 g/mol. The fourth-order valence-corrected chi connectivity index (χ4v) is 4.39. The Kier molecular flexibility index (Phi) is 5.45. The number of fused-ring (bicyclic) bond motifs is 1. The molecule has 0 bridgehead atoms. The normalized spacial score (nSPS) is 13.9. The number of rotatable bonds is 5. The standard InChI is InChI=1S/C27H24N6O/c1-2-5-20(6-3-1)17-22-7-4-10-29-27(22)24-19-26(32-13-15-34-16-14-32)33-25(30-24)18-23(31-33)21-8-11-28-12-9-21/h1-12,18-19H,13-17H2. The Balaban J connectivity index is 1.49. The van der Waals surface area contributed by atoms with Crippen LogP contribution in [0.5, 0.6) is 0 Å². The van der Waals surface area contributed by atoms with E-state index in [1.807, 2.05) is 41.0 Å². The predicted molar refractivity (Wildman–Crippen MR) is 132 cm³/mol. The molecule has 0 unspecified atom stereocenters. The molecule has 0 spiro atoms. The largest absolute Gasteiger partial charge is 0.378 e. The molecule has 0 atom stereocenters. The zero-order valence-corrected chi connectivity index (χ0v) is 18.7. The summed E-state index contributed by atoms with van der Waals surface area (Å²) in [6, 6.07) is 22.7. The molecule has 0 aliphatic carbocycles. The molecule has 1 aliphatic heterocycles. The van der Waals surface area contributed by atoms with Crippen LogP contribution in [0.15, 0.2) is 85.3 Å². The molecule has 6 rings (SSSR count). The minimum Gasteiger partial charge on any atom is -0.378 e. The third-order valence-electron chi connectivity index (χ3n) is 6.09. The molecule has 4 aromatic heterocycles. The molecule has 168 valence electrons. The van der Waals surface area contributed by atoms with Crippen molar-refractivity contribution in [1.82, 2.24) is 24.6 Å². The molecule has 34 heavy (non-hydrogen) atoms. The van der Waals surface area contributed by atoms with E-state index in [-0.39, 0.29) is 0 Å². The van der Waals surface area contributed by atoms with Gasteiger partial charge >= 0.3 is 0 Å². The van der Waals surface area contributed by atoms with Gasteiger partial charge < -0.3 is 9.64 Å². The average Bonchev–Trinajstić information content (AvgIpc) is 3.34. The highest BCUT2D eigenvalue weighted by atomic mass is 16.5. The van der Waals surface area contributed by atoms with E-state index < -0.39 is 0 Å². The number of aromatic nitrogens is 5.